The number of carbonyl (C=O) groups excluding carboxylic acids is 2. The molecule has 102 valence electrons. The van der Waals surface area contributed by atoms with Gasteiger partial charge in [-0.15, -0.1) is 0 Å². The van der Waals surface area contributed by atoms with Gasteiger partial charge in [0.25, 0.3) is 0 Å². The van der Waals surface area contributed by atoms with E-state index in [0.717, 1.165) is 12.2 Å². The van der Waals surface area contributed by atoms with E-state index in [1.165, 1.54) is 11.8 Å². The molecule has 5 nitrogen and oxygen atoms in total. The summed E-state index contributed by atoms with van der Waals surface area (Å²) < 4.78 is 0. The molecule has 3 rings (SSSR count). The van der Waals surface area contributed by atoms with Gasteiger partial charge in [-0.25, -0.2) is 0 Å². The number of rotatable bonds is 3. The maximum Gasteiger partial charge on any atom is 0.307 e. The number of hydrogen-bond donors (Lipinski definition) is 2. The molecule has 0 aromatic carbocycles. The maximum atomic E-state index is 12.3. The Morgan fingerprint density at radius 1 is 1.26 bits per heavy atom. The SMILES string of the molecule is O=C(O)[C@H]1[C@H](C(=O)N[C@H]2CCSC2=O)[C@H]2C=C[C@H]1C2. The Labute approximate surface area is 114 Å². The number of carboxylic acids is 1. The normalized spacial score (nSPS) is 39.8. The van der Waals surface area contributed by atoms with Crippen LogP contribution < -0.4 is 5.32 Å². The van der Waals surface area contributed by atoms with E-state index in [1.807, 2.05) is 12.2 Å². The predicted molar refractivity (Wildman–Crippen MR) is 69.4 cm³/mol. The molecular formula is C13H15NO4S. The average Bonchev–Trinajstić information content (AvgIpc) is 3.04. The first-order chi connectivity index (χ1) is 9.08. The average molecular weight is 281 g/mol. The zero-order valence-corrected chi connectivity index (χ0v) is 11.1. The van der Waals surface area contributed by atoms with Gasteiger partial charge in [-0.2, -0.15) is 0 Å². The van der Waals surface area contributed by atoms with Gasteiger partial charge in [-0.05, 0) is 24.7 Å². The molecule has 1 amide bonds. The van der Waals surface area contributed by atoms with E-state index in [0.29, 0.717) is 6.42 Å². The molecule has 2 aliphatic carbocycles. The molecule has 5 atom stereocenters. The highest BCUT2D eigenvalue weighted by atomic mass is 32.2. The van der Waals surface area contributed by atoms with Crippen molar-refractivity contribution in [1.29, 1.82) is 0 Å². The smallest absolute Gasteiger partial charge is 0.307 e. The first-order valence-electron chi connectivity index (χ1n) is 6.46. The molecule has 0 aromatic heterocycles. The molecule has 1 heterocycles. The van der Waals surface area contributed by atoms with Gasteiger partial charge in [0, 0.05) is 5.75 Å². The van der Waals surface area contributed by atoms with Gasteiger partial charge >= 0.3 is 5.97 Å². The van der Waals surface area contributed by atoms with Crippen molar-refractivity contribution in [2.45, 2.75) is 18.9 Å². The molecule has 1 saturated heterocycles. The summed E-state index contributed by atoms with van der Waals surface area (Å²) in [6.45, 7) is 0. The quantitative estimate of drug-likeness (QED) is 0.742. The van der Waals surface area contributed by atoms with Crippen molar-refractivity contribution in [3.8, 4) is 0 Å². The summed E-state index contributed by atoms with van der Waals surface area (Å²) in [5, 5.41) is 12.0. The Kier molecular flexibility index (Phi) is 3.12. The van der Waals surface area contributed by atoms with Gasteiger partial charge in [0.05, 0.1) is 17.9 Å². The molecule has 19 heavy (non-hydrogen) atoms. The minimum absolute atomic E-state index is 0.00950. The molecule has 1 aliphatic heterocycles. The summed E-state index contributed by atoms with van der Waals surface area (Å²) in [6, 6.07) is -0.435. The molecular weight excluding hydrogens is 266 g/mol. The Balaban J connectivity index is 1.73. The van der Waals surface area contributed by atoms with Crippen molar-refractivity contribution < 1.29 is 19.5 Å². The third kappa shape index (κ3) is 2.08. The first kappa shape index (κ1) is 12.7. The number of carbonyl (C=O) groups is 3. The van der Waals surface area contributed by atoms with E-state index in [2.05, 4.69) is 5.32 Å². The van der Waals surface area contributed by atoms with Gasteiger partial charge in [0.15, 0.2) is 0 Å². The van der Waals surface area contributed by atoms with Crippen LogP contribution in [0.2, 0.25) is 0 Å². The molecule has 0 spiro atoms. The van der Waals surface area contributed by atoms with E-state index >= 15 is 0 Å². The minimum Gasteiger partial charge on any atom is -0.481 e. The molecule has 2 bridgehead atoms. The van der Waals surface area contributed by atoms with E-state index in [1.54, 1.807) is 0 Å². The van der Waals surface area contributed by atoms with Crippen LogP contribution in [0.15, 0.2) is 12.2 Å². The largest absolute Gasteiger partial charge is 0.481 e. The van der Waals surface area contributed by atoms with Crippen LogP contribution in [-0.2, 0) is 14.4 Å². The molecule has 0 aromatic rings. The van der Waals surface area contributed by atoms with Crippen LogP contribution in [0.4, 0.5) is 0 Å². The van der Waals surface area contributed by atoms with Crippen LogP contribution in [0.1, 0.15) is 12.8 Å². The third-order valence-corrected chi connectivity index (χ3v) is 5.31. The van der Waals surface area contributed by atoms with E-state index < -0.39 is 23.8 Å². The van der Waals surface area contributed by atoms with Crippen LogP contribution >= 0.6 is 11.8 Å². The Hall–Kier alpha value is -1.30. The number of aliphatic carboxylic acids is 1. The Morgan fingerprint density at radius 2 is 1.95 bits per heavy atom. The molecule has 6 heteroatoms. The second kappa shape index (κ2) is 4.67. The zero-order chi connectivity index (χ0) is 13.6. The van der Waals surface area contributed by atoms with Crippen LogP contribution in [0.25, 0.3) is 0 Å². The number of hydrogen-bond acceptors (Lipinski definition) is 4. The minimum atomic E-state index is -0.913. The van der Waals surface area contributed by atoms with Crippen molar-refractivity contribution >= 4 is 28.8 Å². The van der Waals surface area contributed by atoms with Crippen LogP contribution in [0.5, 0.6) is 0 Å². The van der Waals surface area contributed by atoms with Gasteiger partial charge in [-0.3, -0.25) is 14.4 Å². The summed E-state index contributed by atoms with van der Waals surface area (Å²) in [6.07, 6.45) is 5.23. The topological polar surface area (TPSA) is 83.5 Å². The highest BCUT2D eigenvalue weighted by Crippen LogP contribution is 2.48. The van der Waals surface area contributed by atoms with Crippen LogP contribution in [0.3, 0.4) is 0 Å². The van der Waals surface area contributed by atoms with Gasteiger partial charge < -0.3 is 10.4 Å². The van der Waals surface area contributed by atoms with Crippen molar-refractivity contribution in [1.82, 2.24) is 5.32 Å². The van der Waals surface area contributed by atoms with Crippen molar-refractivity contribution in [2.24, 2.45) is 23.7 Å². The van der Waals surface area contributed by atoms with Gasteiger partial charge in [0.2, 0.25) is 11.0 Å². The number of fused-ring (bicyclic) bond motifs is 2. The van der Waals surface area contributed by atoms with Crippen LogP contribution in [0, 0.1) is 23.7 Å². The number of amides is 1. The number of thioether (sulfide) groups is 1. The lowest BCUT2D eigenvalue weighted by molar-refractivity contribution is -0.148. The molecule has 1 saturated carbocycles. The number of nitrogens with one attached hydrogen (secondary N) is 1. The van der Waals surface area contributed by atoms with Crippen molar-refractivity contribution in [2.75, 3.05) is 5.75 Å². The van der Waals surface area contributed by atoms with Gasteiger partial charge in [0.1, 0.15) is 0 Å². The van der Waals surface area contributed by atoms with Crippen LogP contribution in [-0.4, -0.2) is 33.9 Å². The Morgan fingerprint density at radius 3 is 2.53 bits per heavy atom. The fourth-order valence-electron chi connectivity index (χ4n) is 3.41. The lowest BCUT2D eigenvalue weighted by Gasteiger charge is -2.25. The second-order valence-electron chi connectivity index (χ2n) is 5.36. The monoisotopic (exact) mass is 281 g/mol. The zero-order valence-electron chi connectivity index (χ0n) is 10.2. The van der Waals surface area contributed by atoms with E-state index in [-0.39, 0.29) is 22.9 Å². The summed E-state index contributed by atoms with van der Waals surface area (Å²) in [5.74, 6) is -1.65. The summed E-state index contributed by atoms with van der Waals surface area (Å²) >= 11 is 1.23. The summed E-state index contributed by atoms with van der Waals surface area (Å²) in [7, 11) is 0. The third-order valence-electron chi connectivity index (χ3n) is 4.30. The second-order valence-corrected chi connectivity index (χ2v) is 6.45. The van der Waals surface area contributed by atoms with E-state index in [9.17, 15) is 19.5 Å². The summed E-state index contributed by atoms with van der Waals surface area (Å²) in [4.78, 5) is 35.1. The summed E-state index contributed by atoms with van der Waals surface area (Å²) in [5.41, 5.74) is 0. The number of carboxylic acid groups (broad SMARTS) is 1. The van der Waals surface area contributed by atoms with Gasteiger partial charge in [-0.1, -0.05) is 23.9 Å². The highest BCUT2D eigenvalue weighted by Gasteiger charge is 2.52. The molecule has 2 fully saturated rings. The fraction of sp³-hybridized carbons (Fsp3) is 0.615. The fourth-order valence-corrected chi connectivity index (χ4v) is 4.34. The lowest BCUT2D eigenvalue weighted by Crippen LogP contribution is -2.45. The Bertz CT molecular complexity index is 475. The maximum absolute atomic E-state index is 12.3. The highest BCUT2D eigenvalue weighted by molar-refractivity contribution is 8.14. The molecule has 3 aliphatic rings. The lowest BCUT2D eigenvalue weighted by atomic mass is 9.82. The molecule has 0 unspecified atom stereocenters. The molecule has 0 radical (unpaired) electrons. The van der Waals surface area contributed by atoms with E-state index in [4.69, 9.17) is 0 Å². The van der Waals surface area contributed by atoms with Crippen molar-refractivity contribution in [3.05, 3.63) is 12.2 Å². The predicted octanol–water partition coefficient (Wildman–Crippen LogP) is 0.658. The van der Waals surface area contributed by atoms with Crippen molar-refractivity contribution in [3.63, 3.8) is 0 Å². The molecule has 2 N–H and O–H groups in total. The standard InChI is InChI=1S/C13H15NO4S/c15-11(14-8-3-4-19-13(8)18)9-6-1-2-7(5-6)10(9)12(16)17/h1-2,6-10H,3-5H2,(H,14,15)(H,16,17)/t6-,7-,8-,9+,10+/m0/s1. The number of allylic oxidation sites excluding steroid dienone is 2. The first-order valence-corrected chi connectivity index (χ1v) is 7.44.